The Morgan fingerprint density at radius 3 is 2.92 bits per heavy atom. The van der Waals surface area contributed by atoms with Crippen LogP contribution in [0.15, 0.2) is 11.6 Å². The van der Waals surface area contributed by atoms with Crippen LogP contribution in [-0.4, -0.2) is 36.4 Å². The van der Waals surface area contributed by atoms with Gasteiger partial charge in [0.15, 0.2) is 0 Å². The quantitative estimate of drug-likeness (QED) is 0.420. The van der Waals surface area contributed by atoms with Gasteiger partial charge in [0.05, 0.1) is 12.0 Å². The number of nitrogens with one attached hydrogen (secondary N) is 1. The molecular weight excluding hydrogens is 314 g/mol. The van der Waals surface area contributed by atoms with Crippen LogP contribution >= 0.6 is 0 Å². The van der Waals surface area contributed by atoms with E-state index in [0.29, 0.717) is 12.5 Å². The molecular formula is C21H35NO3. The second-order valence-electron chi connectivity index (χ2n) is 8.56. The molecule has 0 radical (unpaired) electrons. The third-order valence-electron chi connectivity index (χ3n) is 7.14. The molecule has 0 bridgehead atoms. The van der Waals surface area contributed by atoms with Crippen molar-refractivity contribution >= 4 is 5.97 Å². The van der Waals surface area contributed by atoms with E-state index in [9.17, 15) is 9.90 Å². The van der Waals surface area contributed by atoms with Crippen molar-refractivity contribution in [1.29, 1.82) is 0 Å². The second-order valence-corrected chi connectivity index (χ2v) is 8.56. The Bertz CT molecular complexity index is 517. The topological polar surface area (TPSA) is 58.6 Å². The molecule has 0 aromatic heterocycles. The maximum absolute atomic E-state index is 12.5. The Balaban J connectivity index is 1.66. The summed E-state index contributed by atoms with van der Waals surface area (Å²) in [6.07, 6.45) is 9.53. The normalized spacial score (nSPS) is 40.2. The van der Waals surface area contributed by atoms with E-state index in [-0.39, 0.29) is 29.3 Å². The van der Waals surface area contributed by atoms with Crippen LogP contribution in [0.5, 0.6) is 0 Å². The first-order valence-electron chi connectivity index (χ1n) is 10.3. The first kappa shape index (κ1) is 18.9. The number of rotatable bonds is 7. The first-order valence-corrected chi connectivity index (χ1v) is 10.3. The van der Waals surface area contributed by atoms with Gasteiger partial charge in [-0.05, 0) is 31.7 Å². The average Bonchev–Trinajstić information content (AvgIpc) is 2.89. The van der Waals surface area contributed by atoms with Crippen LogP contribution in [0, 0.1) is 23.2 Å². The number of aliphatic hydroxyl groups excluding tert-OH is 1. The molecule has 3 rings (SSSR count). The molecule has 4 heteroatoms. The van der Waals surface area contributed by atoms with Gasteiger partial charge in [-0.25, -0.2) is 0 Å². The zero-order valence-electron chi connectivity index (χ0n) is 16.1. The minimum absolute atomic E-state index is 0.0710. The molecule has 6 atom stereocenters. The maximum atomic E-state index is 12.5. The van der Waals surface area contributed by atoms with E-state index >= 15 is 0 Å². The van der Waals surface area contributed by atoms with Gasteiger partial charge in [0, 0.05) is 24.3 Å². The predicted molar refractivity (Wildman–Crippen MR) is 99.1 cm³/mol. The van der Waals surface area contributed by atoms with Gasteiger partial charge in [-0.3, -0.25) is 4.79 Å². The average molecular weight is 350 g/mol. The minimum Gasteiger partial charge on any atom is -0.461 e. The van der Waals surface area contributed by atoms with Crippen LogP contribution in [0.4, 0.5) is 0 Å². The number of carbonyl (C=O) groups is 1. The van der Waals surface area contributed by atoms with Gasteiger partial charge in [0.1, 0.15) is 6.10 Å². The third kappa shape index (κ3) is 3.40. The Morgan fingerprint density at radius 2 is 2.16 bits per heavy atom. The molecule has 0 aromatic rings. The van der Waals surface area contributed by atoms with Gasteiger partial charge in [-0.1, -0.05) is 51.7 Å². The number of aliphatic hydroxyl groups is 1. The lowest BCUT2D eigenvalue weighted by molar-refractivity contribution is -0.144. The SMILES string of the molecule is CCCCCCNC[C@@H]1C(=O)O[C@H]2CC3=CCC[C@H](C)[C@]3(C)[C@H](O)[C@@H]21. The van der Waals surface area contributed by atoms with Gasteiger partial charge < -0.3 is 15.2 Å². The summed E-state index contributed by atoms with van der Waals surface area (Å²) in [5.41, 5.74) is 1.10. The van der Waals surface area contributed by atoms with E-state index in [1.165, 1.54) is 24.8 Å². The van der Waals surface area contributed by atoms with Crippen LogP contribution < -0.4 is 5.32 Å². The summed E-state index contributed by atoms with van der Waals surface area (Å²) in [7, 11) is 0. The zero-order valence-corrected chi connectivity index (χ0v) is 16.1. The summed E-state index contributed by atoms with van der Waals surface area (Å²) in [5, 5.41) is 14.7. The lowest BCUT2D eigenvalue weighted by Crippen LogP contribution is -2.54. The Kier molecular flexibility index (Phi) is 5.89. The number of ether oxygens (including phenoxy) is 1. The first-order chi connectivity index (χ1) is 12.0. The number of allylic oxidation sites excluding steroid dienone is 1. The van der Waals surface area contributed by atoms with Crippen molar-refractivity contribution in [2.24, 2.45) is 23.2 Å². The molecule has 1 saturated heterocycles. The molecule has 0 spiro atoms. The molecule has 1 aliphatic heterocycles. The molecule has 1 saturated carbocycles. The van der Waals surface area contributed by atoms with Crippen molar-refractivity contribution in [2.45, 2.75) is 77.9 Å². The molecule has 2 aliphatic carbocycles. The van der Waals surface area contributed by atoms with E-state index in [2.05, 4.69) is 32.2 Å². The number of unbranched alkanes of at least 4 members (excludes halogenated alkanes) is 3. The smallest absolute Gasteiger partial charge is 0.311 e. The summed E-state index contributed by atoms with van der Waals surface area (Å²) in [6.45, 7) is 8.22. The second kappa shape index (κ2) is 7.79. The molecule has 25 heavy (non-hydrogen) atoms. The van der Waals surface area contributed by atoms with Crippen LogP contribution in [0.25, 0.3) is 0 Å². The standard InChI is InChI=1S/C21H35NO3/c1-4-5-6-7-11-22-13-16-18-17(25-20(16)24)12-15-10-8-9-14(2)21(15,3)19(18)23/h10,14,16-19,22-23H,4-9,11-13H2,1-3H3/t14-,16-,17-,18+,19+,21-/m0/s1. The summed E-state index contributed by atoms with van der Waals surface area (Å²) in [6, 6.07) is 0. The molecule has 0 unspecified atom stereocenters. The zero-order chi connectivity index (χ0) is 18.0. The highest BCUT2D eigenvalue weighted by molar-refractivity contribution is 5.76. The third-order valence-corrected chi connectivity index (χ3v) is 7.14. The number of hydrogen-bond acceptors (Lipinski definition) is 4. The number of fused-ring (bicyclic) bond motifs is 2. The monoisotopic (exact) mass is 349 g/mol. The van der Waals surface area contributed by atoms with Crippen LogP contribution in [0.2, 0.25) is 0 Å². The Morgan fingerprint density at radius 1 is 1.36 bits per heavy atom. The predicted octanol–water partition coefficient (Wildman–Crippen LogP) is 3.44. The lowest BCUT2D eigenvalue weighted by atomic mass is 9.55. The van der Waals surface area contributed by atoms with E-state index < -0.39 is 6.10 Å². The van der Waals surface area contributed by atoms with Gasteiger partial charge in [-0.15, -0.1) is 0 Å². The minimum atomic E-state index is -0.494. The Hall–Kier alpha value is -0.870. The van der Waals surface area contributed by atoms with Gasteiger partial charge in [0.2, 0.25) is 0 Å². The highest BCUT2D eigenvalue weighted by Gasteiger charge is 2.59. The largest absolute Gasteiger partial charge is 0.461 e. The van der Waals surface area contributed by atoms with Crippen molar-refractivity contribution in [2.75, 3.05) is 13.1 Å². The lowest BCUT2D eigenvalue weighted by Gasteiger charge is -2.51. The number of hydrogen-bond donors (Lipinski definition) is 2. The van der Waals surface area contributed by atoms with E-state index in [0.717, 1.165) is 32.2 Å². The molecule has 2 N–H and O–H groups in total. The maximum Gasteiger partial charge on any atom is 0.311 e. The molecule has 1 heterocycles. The fourth-order valence-corrected chi connectivity index (χ4v) is 5.23. The fraction of sp³-hybridized carbons (Fsp3) is 0.857. The van der Waals surface area contributed by atoms with Crippen LogP contribution in [0.1, 0.15) is 65.7 Å². The van der Waals surface area contributed by atoms with Crippen molar-refractivity contribution in [3.05, 3.63) is 11.6 Å². The van der Waals surface area contributed by atoms with Gasteiger partial charge in [-0.2, -0.15) is 0 Å². The van der Waals surface area contributed by atoms with Crippen molar-refractivity contribution in [3.63, 3.8) is 0 Å². The summed E-state index contributed by atoms with van der Waals surface area (Å²) in [4.78, 5) is 12.5. The Labute approximate surface area is 152 Å². The van der Waals surface area contributed by atoms with E-state index in [1.807, 2.05) is 0 Å². The summed E-state index contributed by atoms with van der Waals surface area (Å²) < 4.78 is 5.69. The molecule has 0 aromatic carbocycles. The molecule has 142 valence electrons. The fourth-order valence-electron chi connectivity index (χ4n) is 5.23. The van der Waals surface area contributed by atoms with Crippen LogP contribution in [0.3, 0.4) is 0 Å². The number of carbonyl (C=O) groups excluding carboxylic acids is 1. The highest BCUT2D eigenvalue weighted by Crippen LogP contribution is 2.55. The summed E-state index contributed by atoms with van der Waals surface area (Å²) in [5.74, 6) is 0.0458. The van der Waals surface area contributed by atoms with Crippen molar-refractivity contribution < 1.29 is 14.6 Å². The van der Waals surface area contributed by atoms with Gasteiger partial charge >= 0.3 is 5.97 Å². The van der Waals surface area contributed by atoms with Crippen molar-refractivity contribution in [3.8, 4) is 0 Å². The highest BCUT2D eigenvalue weighted by atomic mass is 16.6. The molecule has 3 aliphatic rings. The molecule has 2 fully saturated rings. The van der Waals surface area contributed by atoms with E-state index in [4.69, 9.17) is 4.74 Å². The molecule has 0 amide bonds. The van der Waals surface area contributed by atoms with Gasteiger partial charge in [0.25, 0.3) is 0 Å². The van der Waals surface area contributed by atoms with Crippen molar-refractivity contribution in [1.82, 2.24) is 5.32 Å². The number of esters is 1. The summed E-state index contributed by atoms with van der Waals surface area (Å²) >= 11 is 0. The molecule has 4 nitrogen and oxygen atoms in total. The van der Waals surface area contributed by atoms with Crippen LogP contribution in [-0.2, 0) is 9.53 Å². The van der Waals surface area contributed by atoms with E-state index in [1.54, 1.807) is 0 Å².